The normalized spacial score (nSPS) is 26.8. The van der Waals surface area contributed by atoms with Crippen molar-refractivity contribution in [3.8, 4) is 0 Å². The lowest BCUT2D eigenvalue weighted by molar-refractivity contribution is -0.139. The van der Waals surface area contributed by atoms with Crippen LogP contribution in [0, 0.1) is 5.92 Å². The maximum absolute atomic E-state index is 12.8. The summed E-state index contributed by atoms with van der Waals surface area (Å²) < 4.78 is 0. The molecule has 2 fully saturated rings. The molecule has 4 nitrogen and oxygen atoms in total. The first-order chi connectivity index (χ1) is 10.1. The summed E-state index contributed by atoms with van der Waals surface area (Å²) in [6.07, 6.45) is 6.86. The number of rotatable bonds is 5. The third-order valence-electron chi connectivity index (χ3n) is 5.27. The number of carbonyl (C=O) groups excluding carboxylic acids is 2. The van der Waals surface area contributed by atoms with E-state index in [4.69, 9.17) is 0 Å². The van der Waals surface area contributed by atoms with Gasteiger partial charge in [0.1, 0.15) is 0 Å². The molecule has 0 aromatic rings. The Labute approximate surface area is 128 Å². The zero-order valence-corrected chi connectivity index (χ0v) is 13.8. The van der Waals surface area contributed by atoms with Gasteiger partial charge in [0.2, 0.25) is 11.8 Å². The van der Waals surface area contributed by atoms with E-state index in [2.05, 4.69) is 25.7 Å². The van der Waals surface area contributed by atoms with E-state index in [9.17, 15) is 9.59 Å². The number of carbonyl (C=O) groups is 2. The molecule has 2 aliphatic rings. The van der Waals surface area contributed by atoms with Gasteiger partial charge >= 0.3 is 0 Å². The molecule has 2 atom stereocenters. The van der Waals surface area contributed by atoms with E-state index >= 15 is 0 Å². The van der Waals surface area contributed by atoms with Crippen LogP contribution >= 0.6 is 0 Å². The number of hydrogen-bond acceptors (Lipinski definition) is 2. The van der Waals surface area contributed by atoms with Crippen LogP contribution in [0.5, 0.6) is 0 Å². The molecular formula is C17H30N2O2. The van der Waals surface area contributed by atoms with Crippen LogP contribution in [-0.4, -0.2) is 46.8 Å². The standard InChI is InChI=1S/C17H30N2O2/c1-4-14(5-2)19-12-13(11-16(19)20)17(21)18-10-8-7-9-15(18)6-3/h13-15H,4-12H2,1-3H3. The fourth-order valence-electron chi connectivity index (χ4n) is 3.93. The number of likely N-dealkylation sites (tertiary alicyclic amines) is 2. The molecule has 0 aromatic carbocycles. The summed E-state index contributed by atoms with van der Waals surface area (Å²) in [6, 6.07) is 0.696. The van der Waals surface area contributed by atoms with Crippen molar-refractivity contribution in [1.82, 2.24) is 9.80 Å². The fourth-order valence-corrected chi connectivity index (χ4v) is 3.93. The second-order valence-corrected chi connectivity index (χ2v) is 6.51. The predicted molar refractivity (Wildman–Crippen MR) is 83.8 cm³/mol. The van der Waals surface area contributed by atoms with E-state index < -0.39 is 0 Å². The molecule has 2 heterocycles. The lowest BCUT2D eigenvalue weighted by atomic mass is 9.97. The van der Waals surface area contributed by atoms with Crippen LogP contribution < -0.4 is 0 Å². The molecule has 2 amide bonds. The molecule has 120 valence electrons. The molecule has 0 bridgehead atoms. The average Bonchev–Trinajstić information content (AvgIpc) is 2.90. The van der Waals surface area contributed by atoms with Crippen LogP contribution in [-0.2, 0) is 9.59 Å². The summed E-state index contributed by atoms with van der Waals surface area (Å²) in [5, 5.41) is 0. The minimum Gasteiger partial charge on any atom is -0.339 e. The number of hydrogen-bond donors (Lipinski definition) is 0. The van der Waals surface area contributed by atoms with E-state index in [0.29, 0.717) is 25.0 Å². The average molecular weight is 294 g/mol. The molecular weight excluding hydrogens is 264 g/mol. The van der Waals surface area contributed by atoms with Crippen LogP contribution in [0.4, 0.5) is 0 Å². The largest absolute Gasteiger partial charge is 0.339 e. The van der Waals surface area contributed by atoms with Gasteiger partial charge in [-0.15, -0.1) is 0 Å². The van der Waals surface area contributed by atoms with Crippen molar-refractivity contribution in [2.75, 3.05) is 13.1 Å². The molecule has 0 saturated carbocycles. The van der Waals surface area contributed by atoms with Gasteiger partial charge in [0.25, 0.3) is 0 Å². The van der Waals surface area contributed by atoms with Crippen molar-refractivity contribution in [3.63, 3.8) is 0 Å². The molecule has 2 saturated heterocycles. The van der Waals surface area contributed by atoms with Crippen LogP contribution in [0.2, 0.25) is 0 Å². The Balaban J connectivity index is 2.02. The third kappa shape index (κ3) is 3.41. The molecule has 0 spiro atoms. The number of nitrogens with zero attached hydrogens (tertiary/aromatic N) is 2. The Morgan fingerprint density at radius 3 is 2.57 bits per heavy atom. The summed E-state index contributed by atoms with van der Waals surface area (Å²) >= 11 is 0. The van der Waals surface area contributed by atoms with Gasteiger partial charge in [-0.1, -0.05) is 20.8 Å². The van der Waals surface area contributed by atoms with Gasteiger partial charge < -0.3 is 9.80 Å². The van der Waals surface area contributed by atoms with Gasteiger partial charge in [-0.25, -0.2) is 0 Å². The summed E-state index contributed by atoms with van der Waals surface area (Å²) in [5.74, 6) is 0.292. The molecule has 0 aromatic heterocycles. The molecule has 0 aliphatic carbocycles. The van der Waals surface area contributed by atoms with Crippen LogP contribution in [0.1, 0.15) is 65.7 Å². The lowest BCUT2D eigenvalue weighted by Gasteiger charge is -2.37. The highest BCUT2D eigenvalue weighted by atomic mass is 16.2. The Hall–Kier alpha value is -1.06. The summed E-state index contributed by atoms with van der Waals surface area (Å²) in [4.78, 5) is 29.1. The zero-order valence-electron chi connectivity index (χ0n) is 13.8. The molecule has 0 radical (unpaired) electrons. The molecule has 0 N–H and O–H groups in total. The Morgan fingerprint density at radius 2 is 1.95 bits per heavy atom. The van der Waals surface area contributed by atoms with Gasteiger partial charge in [0.15, 0.2) is 0 Å². The van der Waals surface area contributed by atoms with Crippen LogP contribution in [0.25, 0.3) is 0 Å². The minimum atomic E-state index is -0.106. The van der Waals surface area contributed by atoms with Crippen molar-refractivity contribution in [2.45, 2.75) is 77.8 Å². The third-order valence-corrected chi connectivity index (χ3v) is 5.27. The van der Waals surface area contributed by atoms with Crippen molar-refractivity contribution in [3.05, 3.63) is 0 Å². The summed E-state index contributed by atoms with van der Waals surface area (Å²) in [7, 11) is 0. The van der Waals surface area contributed by atoms with E-state index in [1.807, 2.05) is 4.90 Å². The number of piperidine rings is 1. The second-order valence-electron chi connectivity index (χ2n) is 6.51. The smallest absolute Gasteiger partial charge is 0.228 e. The SMILES string of the molecule is CCC(CC)N1CC(C(=O)N2CCCCC2CC)CC1=O. The van der Waals surface area contributed by atoms with Crippen LogP contribution in [0.15, 0.2) is 0 Å². The monoisotopic (exact) mass is 294 g/mol. The Morgan fingerprint density at radius 1 is 1.24 bits per heavy atom. The van der Waals surface area contributed by atoms with Crippen molar-refractivity contribution in [1.29, 1.82) is 0 Å². The molecule has 2 aliphatic heterocycles. The summed E-state index contributed by atoms with van der Waals surface area (Å²) in [5.41, 5.74) is 0. The van der Waals surface area contributed by atoms with E-state index in [1.54, 1.807) is 0 Å². The molecule has 21 heavy (non-hydrogen) atoms. The first-order valence-electron chi connectivity index (χ1n) is 8.72. The highest BCUT2D eigenvalue weighted by Gasteiger charge is 2.40. The maximum Gasteiger partial charge on any atom is 0.228 e. The summed E-state index contributed by atoms with van der Waals surface area (Å²) in [6.45, 7) is 7.92. The Bertz CT molecular complexity index is 379. The van der Waals surface area contributed by atoms with E-state index in [-0.39, 0.29) is 17.7 Å². The van der Waals surface area contributed by atoms with Gasteiger partial charge in [-0.05, 0) is 38.5 Å². The van der Waals surface area contributed by atoms with Crippen molar-refractivity contribution >= 4 is 11.8 Å². The van der Waals surface area contributed by atoms with E-state index in [1.165, 1.54) is 6.42 Å². The highest BCUT2D eigenvalue weighted by Crippen LogP contribution is 2.28. The number of amides is 2. The van der Waals surface area contributed by atoms with Gasteiger partial charge in [-0.2, -0.15) is 0 Å². The maximum atomic E-state index is 12.8. The fraction of sp³-hybridized carbons (Fsp3) is 0.882. The minimum absolute atomic E-state index is 0.106. The molecule has 4 heteroatoms. The topological polar surface area (TPSA) is 40.6 Å². The second kappa shape index (κ2) is 7.28. The lowest BCUT2D eigenvalue weighted by Crippen LogP contribution is -2.47. The quantitative estimate of drug-likeness (QED) is 0.782. The predicted octanol–water partition coefficient (Wildman–Crippen LogP) is 2.81. The molecule has 2 rings (SSSR count). The van der Waals surface area contributed by atoms with Gasteiger partial charge in [-0.3, -0.25) is 9.59 Å². The highest BCUT2D eigenvalue weighted by molar-refractivity contribution is 5.89. The first kappa shape index (κ1) is 16.3. The Kier molecular flexibility index (Phi) is 5.65. The van der Waals surface area contributed by atoms with Gasteiger partial charge in [0.05, 0.1) is 5.92 Å². The van der Waals surface area contributed by atoms with Crippen molar-refractivity contribution in [2.24, 2.45) is 5.92 Å². The first-order valence-corrected chi connectivity index (χ1v) is 8.72. The van der Waals surface area contributed by atoms with Crippen LogP contribution in [0.3, 0.4) is 0 Å². The zero-order chi connectivity index (χ0) is 15.4. The van der Waals surface area contributed by atoms with E-state index in [0.717, 1.165) is 38.6 Å². The molecule has 2 unspecified atom stereocenters. The van der Waals surface area contributed by atoms with Gasteiger partial charge in [0, 0.05) is 31.6 Å². The van der Waals surface area contributed by atoms with Crippen molar-refractivity contribution < 1.29 is 9.59 Å².